The maximum atomic E-state index is 11.6. The molecular formula is C13H16BrN3O. The molecule has 2 aliphatic heterocycles. The topological polar surface area (TPSA) is 49.6 Å². The highest BCUT2D eigenvalue weighted by Crippen LogP contribution is 2.31. The minimum Gasteiger partial charge on any atom is -0.397 e. The van der Waals surface area contributed by atoms with E-state index in [0.717, 1.165) is 41.9 Å². The molecule has 2 fully saturated rings. The summed E-state index contributed by atoms with van der Waals surface area (Å²) in [6.45, 7) is 2.59. The fraction of sp³-hybridized carbons (Fsp3) is 0.462. The number of anilines is 2. The number of nitrogen functional groups attached to an aromatic ring is 1. The number of benzene rings is 1. The number of nitrogens with two attached hydrogens (primary N) is 1. The Morgan fingerprint density at radius 1 is 1.33 bits per heavy atom. The summed E-state index contributed by atoms with van der Waals surface area (Å²) in [4.78, 5) is 16.0. The number of halogens is 1. The third-order valence-corrected chi connectivity index (χ3v) is 4.32. The van der Waals surface area contributed by atoms with Gasteiger partial charge in [0.15, 0.2) is 0 Å². The molecule has 2 aliphatic rings. The van der Waals surface area contributed by atoms with E-state index in [0.29, 0.717) is 18.4 Å². The van der Waals surface area contributed by atoms with Crippen molar-refractivity contribution in [1.82, 2.24) is 4.90 Å². The molecule has 2 N–H and O–H groups in total. The van der Waals surface area contributed by atoms with Gasteiger partial charge in [-0.15, -0.1) is 0 Å². The van der Waals surface area contributed by atoms with Gasteiger partial charge in [-0.2, -0.15) is 0 Å². The van der Waals surface area contributed by atoms with Crippen LogP contribution in [0.1, 0.15) is 12.8 Å². The van der Waals surface area contributed by atoms with E-state index in [1.54, 1.807) is 0 Å². The molecular weight excluding hydrogens is 294 g/mol. The van der Waals surface area contributed by atoms with Crippen LogP contribution in [-0.4, -0.2) is 36.5 Å². The maximum absolute atomic E-state index is 11.6. The van der Waals surface area contributed by atoms with Gasteiger partial charge in [-0.25, -0.2) is 0 Å². The Labute approximate surface area is 115 Å². The Morgan fingerprint density at radius 3 is 2.94 bits per heavy atom. The minimum atomic E-state index is 0.309. The summed E-state index contributed by atoms with van der Waals surface area (Å²) < 4.78 is 0.999. The predicted molar refractivity (Wildman–Crippen MR) is 75.5 cm³/mol. The zero-order chi connectivity index (χ0) is 12.7. The third-order valence-electron chi connectivity index (χ3n) is 3.82. The third kappa shape index (κ3) is 1.96. The van der Waals surface area contributed by atoms with Gasteiger partial charge in [-0.3, -0.25) is 4.79 Å². The number of carbonyl (C=O) groups excluding carboxylic acids is 1. The van der Waals surface area contributed by atoms with Gasteiger partial charge in [0.1, 0.15) is 0 Å². The molecule has 1 amide bonds. The molecule has 2 heterocycles. The first-order chi connectivity index (χ1) is 8.65. The number of hydrogen-bond acceptors (Lipinski definition) is 3. The van der Waals surface area contributed by atoms with E-state index in [9.17, 15) is 4.79 Å². The van der Waals surface area contributed by atoms with Crippen molar-refractivity contribution in [3.05, 3.63) is 22.7 Å². The van der Waals surface area contributed by atoms with Crippen LogP contribution in [0.2, 0.25) is 0 Å². The molecule has 3 rings (SSSR count). The number of piperazine rings is 1. The Kier molecular flexibility index (Phi) is 2.93. The fourth-order valence-corrected chi connectivity index (χ4v) is 3.28. The van der Waals surface area contributed by atoms with E-state index in [-0.39, 0.29) is 0 Å². The van der Waals surface area contributed by atoms with Crippen molar-refractivity contribution in [2.45, 2.75) is 18.9 Å². The van der Waals surface area contributed by atoms with Gasteiger partial charge in [0.25, 0.3) is 0 Å². The normalized spacial score (nSPS) is 23.4. The lowest BCUT2D eigenvalue weighted by Gasteiger charge is -2.39. The van der Waals surface area contributed by atoms with Crippen molar-refractivity contribution in [2.24, 2.45) is 0 Å². The quantitative estimate of drug-likeness (QED) is 0.805. The fourth-order valence-electron chi connectivity index (χ4n) is 2.90. The van der Waals surface area contributed by atoms with E-state index >= 15 is 0 Å². The van der Waals surface area contributed by atoms with Crippen molar-refractivity contribution in [1.29, 1.82) is 0 Å². The van der Waals surface area contributed by atoms with Gasteiger partial charge in [0, 0.05) is 36.6 Å². The molecule has 0 radical (unpaired) electrons. The summed E-state index contributed by atoms with van der Waals surface area (Å²) in [5.74, 6) is 0.309. The van der Waals surface area contributed by atoms with Crippen molar-refractivity contribution < 1.29 is 4.79 Å². The molecule has 0 saturated carbocycles. The second-order valence-electron chi connectivity index (χ2n) is 4.93. The summed E-state index contributed by atoms with van der Waals surface area (Å²) in [5, 5.41) is 0. The highest BCUT2D eigenvalue weighted by atomic mass is 79.9. The number of nitrogens with zero attached hydrogens (tertiary/aromatic N) is 2. The van der Waals surface area contributed by atoms with Crippen LogP contribution in [0.15, 0.2) is 22.7 Å². The summed E-state index contributed by atoms with van der Waals surface area (Å²) in [5.41, 5.74) is 7.94. The lowest BCUT2D eigenvalue weighted by molar-refractivity contribution is -0.129. The molecule has 1 unspecified atom stereocenters. The van der Waals surface area contributed by atoms with E-state index in [1.165, 1.54) is 0 Å². The van der Waals surface area contributed by atoms with Crippen molar-refractivity contribution >= 4 is 33.2 Å². The Hall–Kier alpha value is -1.23. The van der Waals surface area contributed by atoms with E-state index < -0.39 is 0 Å². The van der Waals surface area contributed by atoms with Crippen LogP contribution in [0.3, 0.4) is 0 Å². The largest absolute Gasteiger partial charge is 0.397 e. The van der Waals surface area contributed by atoms with E-state index in [1.807, 2.05) is 23.1 Å². The van der Waals surface area contributed by atoms with Crippen LogP contribution >= 0.6 is 15.9 Å². The molecule has 18 heavy (non-hydrogen) atoms. The number of carbonyl (C=O) groups is 1. The van der Waals surface area contributed by atoms with Crippen LogP contribution in [0.5, 0.6) is 0 Å². The summed E-state index contributed by atoms with van der Waals surface area (Å²) in [6.07, 6.45) is 1.68. The van der Waals surface area contributed by atoms with Crippen LogP contribution < -0.4 is 10.6 Å². The molecule has 4 nitrogen and oxygen atoms in total. The summed E-state index contributed by atoms with van der Waals surface area (Å²) >= 11 is 3.42. The molecule has 1 aromatic rings. The standard InChI is InChI=1S/C13H16BrN3O/c14-9-1-3-12(11(15)7-9)16-5-6-17-10(8-16)2-4-13(17)18/h1,3,7,10H,2,4-6,8,15H2. The summed E-state index contributed by atoms with van der Waals surface area (Å²) in [7, 11) is 0. The molecule has 0 aromatic heterocycles. The monoisotopic (exact) mass is 309 g/mol. The second-order valence-corrected chi connectivity index (χ2v) is 5.84. The average molecular weight is 310 g/mol. The SMILES string of the molecule is Nc1cc(Br)ccc1N1CCN2C(=O)CCC2C1. The number of hydrogen-bond donors (Lipinski definition) is 1. The van der Waals surface area contributed by atoms with E-state index in [2.05, 4.69) is 20.8 Å². The zero-order valence-electron chi connectivity index (χ0n) is 10.1. The van der Waals surface area contributed by atoms with Gasteiger partial charge >= 0.3 is 0 Å². The smallest absolute Gasteiger partial charge is 0.223 e. The molecule has 0 bridgehead atoms. The first-order valence-corrected chi connectivity index (χ1v) is 7.04. The van der Waals surface area contributed by atoms with Gasteiger partial charge in [0.05, 0.1) is 11.4 Å². The molecule has 96 valence electrons. The average Bonchev–Trinajstić information content (AvgIpc) is 2.71. The molecule has 1 atom stereocenters. The highest BCUT2D eigenvalue weighted by molar-refractivity contribution is 9.10. The number of amides is 1. The van der Waals surface area contributed by atoms with Gasteiger partial charge in [0.2, 0.25) is 5.91 Å². The van der Waals surface area contributed by atoms with Crippen LogP contribution in [0, 0.1) is 0 Å². The van der Waals surface area contributed by atoms with Gasteiger partial charge in [-0.1, -0.05) is 15.9 Å². The lowest BCUT2D eigenvalue weighted by atomic mass is 10.1. The molecule has 2 saturated heterocycles. The van der Waals surface area contributed by atoms with E-state index in [4.69, 9.17) is 5.73 Å². The van der Waals surface area contributed by atoms with Crippen LogP contribution in [-0.2, 0) is 4.79 Å². The molecule has 0 aliphatic carbocycles. The molecule has 5 heteroatoms. The number of fused-ring (bicyclic) bond motifs is 1. The highest BCUT2D eigenvalue weighted by Gasteiger charge is 2.35. The Morgan fingerprint density at radius 2 is 2.17 bits per heavy atom. The maximum Gasteiger partial charge on any atom is 0.223 e. The number of rotatable bonds is 1. The van der Waals surface area contributed by atoms with Crippen molar-refractivity contribution in [3.63, 3.8) is 0 Å². The summed E-state index contributed by atoms with van der Waals surface area (Å²) in [6, 6.07) is 6.36. The minimum absolute atomic E-state index is 0.309. The Balaban J connectivity index is 1.80. The first kappa shape index (κ1) is 11.8. The lowest BCUT2D eigenvalue weighted by Crippen LogP contribution is -2.51. The van der Waals surface area contributed by atoms with Gasteiger partial charge in [-0.05, 0) is 24.6 Å². The first-order valence-electron chi connectivity index (χ1n) is 6.24. The Bertz CT molecular complexity index is 491. The van der Waals surface area contributed by atoms with Gasteiger partial charge < -0.3 is 15.5 Å². The second kappa shape index (κ2) is 4.46. The zero-order valence-corrected chi connectivity index (χ0v) is 11.7. The molecule has 1 aromatic carbocycles. The van der Waals surface area contributed by atoms with Crippen molar-refractivity contribution in [3.8, 4) is 0 Å². The predicted octanol–water partition coefficient (Wildman–Crippen LogP) is 1.84. The molecule has 0 spiro atoms. The van der Waals surface area contributed by atoms with Crippen LogP contribution in [0.25, 0.3) is 0 Å². The van der Waals surface area contributed by atoms with Crippen LogP contribution in [0.4, 0.5) is 11.4 Å². The van der Waals surface area contributed by atoms with Crippen molar-refractivity contribution in [2.75, 3.05) is 30.3 Å².